The molecule has 5 rings (SSSR count). The highest BCUT2D eigenvalue weighted by Gasteiger charge is 2.35. The van der Waals surface area contributed by atoms with E-state index in [2.05, 4.69) is 28.6 Å². The highest BCUT2D eigenvalue weighted by atomic mass is 16.2. The van der Waals surface area contributed by atoms with Crippen LogP contribution < -0.4 is 5.69 Å². The average Bonchev–Trinajstić information content (AvgIpc) is 3.42. The number of fused-ring (bicyclic) bond motifs is 1. The van der Waals surface area contributed by atoms with E-state index in [1.807, 2.05) is 33.7 Å². The van der Waals surface area contributed by atoms with Crippen molar-refractivity contribution in [3.63, 3.8) is 0 Å². The number of hydrogen-bond donors (Lipinski definition) is 1. The van der Waals surface area contributed by atoms with Gasteiger partial charge in [-0.1, -0.05) is 19.1 Å². The molecule has 7 heteroatoms. The largest absolute Gasteiger partial charge is 0.338 e. The molecule has 30 heavy (non-hydrogen) atoms. The van der Waals surface area contributed by atoms with Crippen molar-refractivity contribution in [2.75, 3.05) is 13.1 Å². The van der Waals surface area contributed by atoms with Gasteiger partial charge in [-0.25, -0.2) is 4.79 Å². The lowest BCUT2D eigenvalue weighted by molar-refractivity contribution is 0.0693. The summed E-state index contributed by atoms with van der Waals surface area (Å²) in [6.07, 6.45) is 6.64. The van der Waals surface area contributed by atoms with Crippen LogP contribution in [0.15, 0.2) is 35.3 Å². The van der Waals surface area contributed by atoms with E-state index in [1.165, 1.54) is 0 Å². The first-order valence-electron chi connectivity index (χ1n) is 11.1. The maximum absolute atomic E-state index is 13.3. The third kappa shape index (κ3) is 3.16. The van der Waals surface area contributed by atoms with Crippen molar-refractivity contribution in [1.82, 2.24) is 24.2 Å². The van der Waals surface area contributed by atoms with Crippen LogP contribution in [0.2, 0.25) is 0 Å². The number of carbonyl (C=O) groups is 1. The summed E-state index contributed by atoms with van der Waals surface area (Å²) in [6.45, 7) is 5.64. The number of likely N-dealkylation sites (tertiary alicyclic amines) is 1. The van der Waals surface area contributed by atoms with E-state index < -0.39 is 0 Å². The third-order valence-electron chi connectivity index (χ3n) is 6.78. The van der Waals surface area contributed by atoms with E-state index in [0.29, 0.717) is 25.0 Å². The molecule has 0 bridgehead atoms. The molecule has 1 aliphatic heterocycles. The predicted octanol–water partition coefficient (Wildman–Crippen LogP) is 3.85. The number of carbonyl (C=O) groups excluding carboxylic acids is 1. The second kappa shape index (κ2) is 7.45. The van der Waals surface area contributed by atoms with Gasteiger partial charge in [0.25, 0.3) is 5.91 Å². The summed E-state index contributed by atoms with van der Waals surface area (Å²) in [5, 5.41) is 4.59. The number of aromatic nitrogens is 4. The van der Waals surface area contributed by atoms with Gasteiger partial charge in [-0.2, -0.15) is 5.10 Å². The number of nitrogens with one attached hydrogen (secondary N) is 1. The van der Waals surface area contributed by atoms with Gasteiger partial charge in [-0.3, -0.25) is 14.0 Å². The van der Waals surface area contributed by atoms with E-state index in [-0.39, 0.29) is 17.6 Å². The van der Waals surface area contributed by atoms with Gasteiger partial charge in [-0.05, 0) is 51.2 Å². The maximum atomic E-state index is 13.3. The molecule has 7 nitrogen and oxygen atoms in total. The number of nitrogens with zero attached hydrogens (tertiary/aromatic N) is 4. The highest BCUT2D eigenvalue weighted by molar-refractivity contribution is 5.95. The summed E-state index contributed by atoms with van der Waals surface area (Å²) in [5.41, 5.74) is 3.65. The van der Waals surface area contributed by atoms with Crippen molar-refractivity contribution in [3.05, 3.63) is 52.2 Å². The Labute approximate surface area is 175 Å². The maximum Gasteiger partial charge on any atom is 0.326 e. The van der Waals surface area contributed by atoms with Crippen LogP contribution in [0.25, 0.3) is 11.0 Å². The fourth-order valence-corrected chi connectivity index (χ4v) is 4.76. The highest BCUT2D eigenvalue weighted by Crippen LogP contribution is 2.43. The number of hydrogen-bond acceptors (Lipinski definition) is 3. The Morgan fingerprint density at radius 2 is 1.93 bits per heavy atom. The second-order valence-electron chi connectivity index (χ2n) is 8.76. The number of para-hydroxylation sites is 2. The number of benzene rings is 1. The summed E-state index contributed by atoms with van der Waals surface area (Å²) in [6, 6.07) is 8.22. The van der Waals surface area contributed by atoms with Crippen molar-refractivity contribution in [1.29, 1.82) is 0 Å². The molecule has 2 aliphatic rings. The molecule has 1 saturated carbocycles. The molecule has 3 heterocycles. The number of rotatable bonds is 5. The Kier molecular flexibility index (Phi) is 4.76. The van der Waals surface area contributed by atoms with E-state index in [4.69, 9.17) is 0 Å². The molecule has 2 aromatic heterocycles. The van der Waals surface area contributed by atoms with Crippen LogP contribution in [0.1, 0.15) is 80.0 Å². The Morgan fingerprint density at radius 3 is 2.63 bits per heavy atom. The minimum atomic E-state index is -0.0631. The number of amides is 1. The van der Waals surface area contributed by atoms with Crippen LogP contribution in [0.3, 0.4) is 0 Å². The SMILES string of the molecule is CC[C@@H](C)n1ncc(C(=O)N2CCC(n3c(=O)[nH]c4ccccc43)CC2)c1C1CC1. The summed E-state index contributed by atoms with van der Waals surface area (Å²) in [5.74, 6) is 0.568. The molecule has 0 unspecified atom stereocenters. The summed E-state index contributed by atoms with van der Waals surface area (Å²) in [7, 11) is 0. The molecule has 1 atom stereocenters. The van der Waals surface area contributed by atoms with E-state index in [9.17, 15) is 9.59 Å². The molecule has 3 aromatic rings. The topological polar surface area (TPSA) is 75.9 Å². The minimum Gasteiger partial charge on any atom is -0.338 e. The van der Waals surface area contributed by atoms with Gasteiger partial charge in [0, 0.05) is 31.1 Å². The normalized spacial score (nSPS) is 18.8. The Morgan fingerprint density at radius 1 is 1.20 bits per heavy atom. The molecule has 1 aliphatic carbocycles. The van der Waals surface area contributed by atoms with Crippen LogP contribution >= 0.6 is 0 Å². The first-order valence-corrected chi connectivity index (χ1v) is 11.1. The van der Waals surface area contributed by atoms with Crippen LogP contribution in [0, 0.1) is 0 Å². The van der Waals surface area contributed by atoms with Crippen LogP contribution in [0.4, 0.5) is 0 Å². The van der Waals surface area contributed by atoms with Gasteiger partial charge in [0.2, 0.25) is 0 Å². The zero-order valence-electron chi connectivity index (χ0n) is 17.7. The van der Waals surface area contributed by atoms with Crippen molar-refractivity contribution in [2.24, 2.45) is 0 Å². The number of piperidine rings is 1. The summed E-state index contributed by atoms with van der Waals surface area (Å²) in [4.78, 5) is 30.7. The molecule has 1 amide bonds. The minimum absolute atomic E-state index is 0.0631. The van der Waals surface area contributed by atoms with Crippen molar-refractivity contribution in [2.45, 2.75) is 64.0 Å². The van der Waals surface area contributed by atoms with Crippen molar-refractivity contribution in [3.8, 4) is 0 Å². The first-order chi connectivity index (χ1) is 14.6. The fourth-order valence-electron chi connectivity index (χ4n) is 4.76. The molecule has 0 radical (unpaired) electrons. The molecule has 1 saturated heterocycles. The summed E-state index contributed by atoms with van der Waals surface area (Å²) >= 11 is 0. The first kappa shape index (κ1) is 19.2. The number of imidazole rings is 1. The quantitative estimate of drug-likeness (QED) is 0.698. The zero-order chi connectivity index (χ0) is 20.8. The van der Waals surface area contributed by atoms with E-state index in [1.54, 1.807) is 6.20 Å². The van der Waals surface area contributed by atoms with Gasteiger partial charge >= 0.3 is 5.69 Å². The molecule has 1 N–H and O–H groups in total. The molecular weight excluding hydrogens is 378 g/mol. The lowest BCUT2D eigenvalue weighted by Gasteiger charge is -2.32. The van der Waals surface area contributed by atoms with Gasteiger partial charge in [0.15, 0.2) is 0 Å². The second-order valence-corrected chi connectivity index (χ2v) is 8.76. The van der Waals surface area contributed by atoms with E-state index >= 15 is 0 Å². The molecule has 2 fully saturated rings. The zero-order valence-corrected chi connectivity index (χ0v) is 17.7. The Hall–Kier alpha value is -2.83. The monoisotopic (exact) mass is 407 g/mol. The van der Waals surface area contributed by atoms with Crippen LogP contribution in [-0.4, -0.2) is 43.2 Å². The van der Waals surface area contributed by atoms with Gasteiger partial charge in [0.05, 0.1) is 28.5 Å². The van der Waals surface area contributed by atoms with Gasteiger partial charge in [0.1, 0.15) is 0 Å². The molecule has 0 spiro atoms. The Balaban J connectivity index is 1.35. The number of aromatic amines is 1. The van der Waals surface area contributed by atoms with Crippen LogP contribution in [-0.2, 0) is 0 Å². The standard InChI is InChI=1S/C23H29N5O2/c1-3-15(2)28-21(16-8-9-16)18(14-24-28)22(29)26-12-10-17(11-13-26)27-20-7-5-4-6-19(20)25-23(27)30/h4-7,14-17H,3,8-13H2,1-2H3,(H,25,30)/t15-/m1/s1. The molecule has 158 valence electrons. The average molecular weight is 408 g/mol. The lowest BCUT2D eigenvalue weighted by atomic mass is 10.0. The molecule has 1 aromatic carbocycles. The lowest BCUT2D eigenvalue weighted by Crippen LogP contribution is -2.40. The van der Waals surface area contributed by atoms with Crippen molar-refractivity contribution >= 4 is 16.9 Å². The molecular formula is C23H29N5O2. The van der Waals surface area contributed by atoms with Gasteiger partial charge < -0.3 is 9.88 Å². The smallest absolute Gasteiger partial charge is 0.326 e. The van der Waals surface area contributed by atoms with Crippen LogP contribution in [0.5, 0.6) is 0 Å². The number of H-pyrrole nitrogens is 1. The van der Waals surface area contributed by atoms with Crippen molar-refractivity contribution < 1.29 is 4.79 Å². The Bertz CT molecular complexity index is 1130. The predicted molar refractivity (Wildman–Crippen MR) is 116 cm³/mol. The third-order valence-corrected chi connectivity index (χ3v) is 6.78. The summed E-state index contributed by atoms with van der Waals surface area (Å²) < 4.78 is 3.94. The fraction of sp³-hybridized carbons (Fsp3) is 0.522. The van der Waals surface area contributed by atoms with Gasteiger partial charge in [-0.15, -0.1) is 0 Å². The van der Waals surface area contributed by atoms with E-state index in [0.717, 1.165) is 54.4 Å².